The summed E-state index contributed by atoms with van der Waals surface area (Å²) < 4.78 is 4.87. The summed E-state index contributed by atoms with van der Waals surface area (Å²) in [6.07, 6.45) is 5.86. The van der Waals surface area contributed by atoms with Gasteiger partial charge in [0, 0.05) is 0 Å². The minimum Gasteiger partial charge on any atom is -0.461 e. The minimum atomic E-state index is -0.355. The second kappa shape index (κ2) is 5.22. The smallest absolute Gasteiger partial charge is 0.330 e. The molecule has 1 fully saturated rings. The largest absolute Gasteiger partial charge is 0.461 e. The average molecular weight is 300 g/mol. The first-order valence-electron chi connectivity index (χ1n) is 4.19. The van der Waals surface area contributed by atoms with E-state index in [1.54, 1.807) is 0 Å². The maximum Gasteiger partial charge on any atom is 0.330 e. The summed E-state index contributed by atoms with van der Waals surface area (Å²) in [6, 6.07) is 0. The van der Waals surface area contributed by atoms with Crippen LogP contribution in [-0.2, 0) is 9.53 Å². The number of halogens is 2. The van der Waals surface area contributed by atoms with Crippen molar-refractivity contribution in [1.82, 2.24) is 0 Å². The number of alkyl halides is 2. The van der Waals surface area contributed by atoms with Crippen LogP contribution in [0.3, 0.4) is 0 Å². The Morgan fingerprint density at radius 3 is 2.33 bits per heavy atom. The third-order valence-electron chi connectivity index (χ3n) is 2.01. The van der Waals surface area contributed by atoms with Crippen molar-refractivity contribution in [2.24, 2.45) is 0 Å². The molecule has 0 N–H and O–H groups in total. The van der Waals surface area contributed by atoms with Crippen LogP contribution in [0.2, 0.25) is 0 Å². The van der Waals surface area contributed by atoms with Gasteiger partial charge in [-0.2, -0.15) is 0 Å². The number of hydrogen-bond donors (Lipinski definition) is 0. The fourth-order valence-corrected chi connectivity index (χ4v) is 1.61. The molecule has 0 amide bonds. The van der Waals surface area contributed by atoms with Crippen LogP contribution in [-0.4, -0.2) is 15.8 Å². The maximum atomic E-state index is 11.1. The molecule has 0 unspecified atom stereocenters. The van der Waals surface area contributed by atoms with Gasteiger partial charge in [-0.05, 0) is 25.7 Å². The predicted molar refractivity (Wildman–Crippen MR) is 54.6 cm³/mol. The molecular weight excluding hydrogens is 288 g/mol. The summed E-state index contributed by atoms with van der Waals surface area (Å²) in [5.74, 6) is -0.207. The summed E-state index contributed by atoms with van der Waals surface area (Å²) >= 11 is 6.22. The van der Waals surface area contributed by atoms with Gasteiger partial charge in [-0.3, -0.25) is 0 Å². The molecule has 0 saturated heterocycles. The van der Waals surface area contributed by atoms with Crippen LogP contribution in [0.5, 0.6) is 0 Å². The topological polar surface area (TPSA) is 26.3 Å². The lowest BCUT2D eigenvalue weighted by molar-refractivity contribution is -0.147. The Bertz CT molecular complexity index is 153. The SMILES string of the molecule is O=C(OC1CCCCC1)C(Br)Br. The molecule has 4 heteroatoms. The zero-order valence-electron chi connectivity index (χ0n) is 6.76. The van der Waals surface area contributed by atoms with Crippen LogP contribution < -0.4 is 0 Å². The summed E-state index contributed by atoms with van der Waals surface area (Å²) in [6.45, 7) is 0. The van der Waals surface area contributed by atoms with E-state index < -0.39 is 0 Å². The van der Waals surface area contributed by atoms with Crippen molar-refractivity contribution in [1.29, 1.82) is 0 Å². The molecule has 0 aromatic rings. The van der Waals surface area contributed by atoms with Gasteiger partial charge < -0.3 is 4.74 Å². The third-order valence-corrected chi connectivity index (χ3v) is 2.76. The Kier molecular flexibility index (Phi) is 4.57. The van der Waals surface area contributed by atoms with Gasteiger partial charge in [0.05, 0.1) is 0 Å². The predicted octanol–water partition coefficient (Wildman–Crippen LogP) is 2.98. The Balaban J connectivity index is 2.24. The molecule has 1 saturated carbocycles. The monoisotopic (exact) mass is 298 g/mol. The summed E-state index contributed by atoms with van der Waals surface area (Å²) in [5.41, 5.74) is 0. The molecule has 1 rings (SSSR count). The fourth-order valence-electron chi connectivity index (χ4n) is 1.40. The van der Waals surface area contributed by atoms with E-state index in [-0.39, 0.29) is 15.8 Å². The van der Waals surface area contributed by atoms with Gasteiger partial charge in [0.1, 0.15) is 6.10 Å². The Hall–Kier alpha value is 0.430. The van der Waals surface area contributed by atoms with Crippen molar-refractivity contribution in [3.8, 4) is 0 Å². The quantitative estimate of drug-likeness (QED) is 0.579. The van der Waals surface area contributed by atoms with Crippen LogP contribution in [0, 0.1) is 0 Å². The van der Waals surface area contributed by atoms with E-state index in [1.165, 1.54) is 19.3 Å². The molecule has 1 aliphatic rings. The minimum absolute atomic E-state index is 0.156. The number of carbonyl (C=O) groups is 1. The second-order valence-electron chi connectivity index (χ2n) is 3.00. The fraction of sp³-hybridized carbons (Fsp3) is 0.875. The number of esters is 1. The van der Waals surface area contributed by atoms with Crippen LogP contribution in [0.25, 0.3) is 0 Å². The van der Waals surface area contributed by atoms with Gasteiger partial charge in [0.2, 0.25) is 0 Å². The molecule has 1 aliphatic carbocycles. The number of hydrogen-bond acceptors (Lipinski definition) is 2. The first kappa shape index (κ1) is 10.5. The van der Waals surface area contributed by atoms with Gasteiger partial charge in [-0.25, -0.2) is 4.79 Å². The molecule has 0 aromatic heterocycles. The molecule has 0 aliphatic heterocycles. The number of ether oxygens (including phenoxy) is 1. The maximum absolute atomic E-state index is 11.1. The number of carbonyl (C=O) groups excluding carboxylic acids is 1. The van der Waals surface area contributed by atoms with E-state index >= 15 is 0 Å². The van der Waals surface area contributed by atoms with Gasteiger partial charge in [0.25, 0.3) is 0 Å². The standard InChI is InChI=1S/C8H12Br2O2/c9-7(10)8(11)12-6-4-2-1-3-5-6/h6-7H,1-5H2. The molecule has 0 heterocycles. The zero-order chi connectivity index (χ0) is 8.97. The third kappa shape index (κ3) is 3.44. The lowest BCUT2D eigenvalue weighted by Gasteiger charge is -2.21. The first-order valence-corrected chi connectivity index (χ1v) is 6.02. The van der Waals surface area contributed by atoms with Crippen LogP contribution in [0.15, 0.2) is 0 Å². The van der Waals surface area contributed by atoms with Crippen molar-refractivity contribution in [3.63, 3.8) is 0 Å². The highest BCUT2D eigenvalue weighted by Gasteiger charge is 2.20. The average Bonchev–Trinajstić information content (AvgIpc) is 2.06. The second-order valence-corrected chi connectivity index (χ2v) is 6.06. The highest BCUT2D eigenvalue weighted by Crippen LogP contribution is 2.22. The van der Waals surface area contributed by atoms with Crippen molar-refractivity contribution >= 4 is 37.8 Å². The lowest BCUT2D eigenvalue weighted by Crippen LogP contribution is -2.23. The molecular formula is C8H12Br2O2. The Morgan fingerprint density at radius 2 is 1.83 bits per heavy atom. The molecule has 0 aromatic carbocycles. The van der Waals surface area contributed by atoms with E-state index in [1.807, 2.05) is 0 Å². The van der Waals surface area contributed by atoms with E-state index in [9.17, 15) is 4.79 Å². The lowest BCUT2D eigenvalue weighted by atomic mass is 9.98. The molecule has 70 valence electrons. The molecule has 0 bridgehead atoms. The van der Waals surface area contributed by atoms with Crippen molar-refractivity contribution in [2.45, 2.75) is 41.9 Å². The normalized spacial score (nSPS) is 19.6. The van der Waals surface area contributed by atoms with Crippen molar-refractivity contribution in [2.75, 3.05) is 0 Å². The summed E-state index contributed by atoms with van der Waals surface area (Å²) in [4.78, 5) is 11.1. The van der Waals surface area contributed by atoms with Crippen molar-refractivity contribution < 1.29 is 9.53 Å². The molecule has 0 atom stereocenters. The zero-order valence-corrected chi connectivity index (χ0v) is 9.93. The van der Waals surface area contributed by atoms with Crippen LogP contribution in [0.4, 0.5) is 0 Å². The van der Waals surface area contributed by atoms with E-state index in [4.69, 9.17) is 4.74 Å². The summed E-state index contributed by atoms with van der Waals surface area (Å²) in [5, 5.41) is 0. The molecule has 12 heavy (non-hydrogen) atoms. The van der Waals surface area contributed by atoms with Gasteiger partial charge in [-0.15, -0.1) is 0 Å². The van der Waals surface area contributed by atoms with E-state index in [2.05, 4.69) is 31.9 Å². The van der Waals surface area contributed by atoms with E-state index in [0.717, 1.165) is 12.8 Å². The number of rotatable bonds is 2. The first-order chi connectivity index (χ1) is 5.70. The van der Waals surface area contributed by atoms with Crippen LogP contribution in [0.1, 0.15) is 32.1 Å². The highest BCUT2D eigenvalue weighted by molar-refractivity contribution is 9.25. The summed E-state index contributed by atoms with van der Waals surface area (Å²) in [7, 11) is 0. The molecule has 0 radical (unpaired) electrons. The van der Waals surface area contributed by atoms with Gasteiger partial charge >= 0.3 is 5.97 Å². The Morgan fingerprint density at radius 1 is 1.25 bits per heavy atom. The Labute approximate surface area is 89.3 Å². The van der Waals surface area contributed by atoms with Crippen LogP contribution >= 0.6 is 31.9 Å². The van der Waals surface area contributed by atoms with Crippen molar-refractivity contribution in [3.05, 3.63) is 0 Å². The molecule has 0 spiro atoms. The highest BCUT2D eigenvalue weighted by atomic mass is 79.9. The molecule has 2 nitrogen and oxygen atoms in total. The van der Waals surface area contributed by atoms with Gasteiger partial charge in [-0.1, -0.05) is 38.3 Å². The van der Waals surface area contributed by atoms with E-state index in [0.29, 0.717) is 0 Å². The van der Waals surface area contributed by atoms with Gasteiger partial charge in [0.15, 0.2) is 3.74 Å².